The lowest BCUT2D eigenvalue weighted by Gasteiger charge is -2.11. The minimum absolute atomic E-state index is 0.888. The van der Waals surface area contributed by atoms with Crippen LogP contribution in [0, 0.1) is 0 Å². The highest BCUT2D eigenvalue weighted by Gasteiger charge is 2.00. The number of rotatable bonds is 0. The van der Waals surface area contributed by atoms with Crippen molar-refractivity contribution in [2.45, 2.75) is 26.7 Å². The molecule has 1 aliphatic heterocycles. The van der Waals surface area contributed by atoms with Gasteiger partial charge in [-0.3, -0.25) is 0 Å². The standard InChI is InChI=1S/C6H10O.C2H6/c1-6-2-4-7-5-3-6;1-2/h1-5H2;1-2H3. The fraction of sp³-hybridized carbons (Fsp3) is 0.750. The summed E-state index contributed by atoms with van der Waals surface area (Å²) in [5.41, 5.74) is 1.34. The van der Waals surface area contributed by atoms with E-state index in [2.05, 4.69) is 6.58 Å². The van der Waals surface area contributed by atoms with Crippen LogP contribution in [0.5, 0.6) is 0 Å². The molecule has 9 heavy (non-hydrogen) atoms. The summed E-state index contributed by atoms with van der Waals surface area (Å²) >= 11 is 0. The van der Waals surface area contributed by atoms with Gasteiger partial charge in [0.25, 0.3) is 0 Å². The molecule has 1 fully saturated rings. The summed E-state index contributed by atoms with van der Waals surface area (Å²) < 4.78 is 5.08. The maximum absolute atomic E-state index is 5.08. The van der Waals surface area contributed by atoms with E-state index < -0.39 is 0 Å². The molecular weight excluding hydrogens is 112 g/mol. The van der Waals surface area contributed by atoms with E-state index in [1.165, 1.54) is 5.57 Å². The molecule has 0 N–H and O–H groups in total. The fourth-order valence-corrected chi connectivity index (χ4v) is 0.660. The van der Waals surface area contributed by atoms with Crippen LogP contribution in [0.4, 0.5) is 0 Å². The molecule has 1 heterocycles. The third-order valence-electron chi connectivity index (χ3n) is 1.20. The van der Waals surface area contributed by atoms with E-state index in [9.17, 15) is 0 Å². The van der Waals surface area contributed by atoms with Gasteiger partial charge in [0.05, 0.1) is 13.2 Å². The highest BCUT2D eigenvalue weighted by molar-refractivity contribution is 4.95. The molecule has 0 saturated carbocycles. The van der Waals surface area contributed by atoms with Crippen molar-refractivity contribution in [2.75, 3.05) is 13.2 Å². The van der Waals surface area contributed by atoms with Crippen LogP contribution in [-0.4, -0.2) is 13.2 Å². The Kier molecular flexibility index (Phi) is 5.64. The second-order valence-electron chi connectivity index (χ2n) is 1.86. The summed E-state index contributed by atoms with van der Waals surface area (Å²) in [5.74, 6) is 0. The first-order valence-corrected chi connectivity index (χ1v) is 3.64. The highest BCUT2D eigenvalue weighted by Crippen LogP contribution is 2.09. The normalized spacial score (nSPS) is 18.2. The zero-order valence-electron chi connectivity index (χ0n) is 6.44. The lowest BCUT2D eigenvalue weighted by Crippen LogP contribution is -2.05. The van der Waals surface area contributed by atoms with Gasteiger partial charge in [0, 0.05) is 0 Å². The molecule has 0 atom stereocenters. The molecule has 1 heteroatoms. The zero-order chi connectivity index (χ0) is 7.11. The van der Waals surface area contributed by atoms with Crippen molar-refractivity contribution in [3.8, 4) is 0 Å². The fourth-order valence-electron chi connectivity index (χ4n) is 0.660. The molecule has 0 spiro atoms. The van der Waals surface area contributed by atoms with E-state index >= 15 is 0 Å². The Bertz CT molecular complexity index is 68.6. The Morgan fingerprint density at radius 1 is 1.22 bits per heavy atom. The third kappa shape index (κ3) is 4.22. The number of hydrogen-bond donors (Lipinski definition) is 0. The van der Waals surface area contributed by atoms with Crippen LogP contribution >= 0.6 is 0 Å². The second kappa shape index (κ2) is 5.83. The zero-order valence-corrected chi connectivity index (χ0v) is 6.44. The van der Waals surface area contributed by atoms with Crippen molar-refractivity contribution in [3.05, 3.63) is 12.2 Å². The molecule has 0 aromatic carbocycles. The molecule has 0 unspecified atom stereocenters. The van der Waals surface area contributed by atoms with Crippen molar-refractivity contribution in [1.82, 2.24) is 0 Å². The van der Waals surface area contributed by atoms with Gasteiger partial charge in [-0.05, 0) is 12.8 Å². The van der Waals surface area contributed by atoms with Crippen LogP contribution in [-0.2, 0) is 4.74 Å². The first-order valence-electron chi connectivity index (χ1n) is 3.64. The first kappa shape index (κ1) is 8.70. The van der Waals surface area contributed by atoms with E-state index in [4.69, 9.17) is 4.74 Å². The Morgan fingerprint density at radius 3 is 1.89 bits per heavy atom. The molecule has 1 rings (SSSR count). The van der Waals surface area contributed by atoms with Gasteiger partial charge < -0.3 is 4.74 Å². The van der Waals surface area contributed by atoms with Crippen molar-refractivity contribution in [3.63, 3.8) is 0 Å². The lowest BCUT2D eigenvalue weighted by atomic mass is 10.1. The monoisotopic (exact) mass is 128 g/mol. The summed E-state index contributed by atoms with van der Waals surface area (Å²) in [7, 11) is 0. The van der Waals surface area contributed by atoms with E-state index in [0.29, 0.717) is 0 Å². The Hall–Kier alpha value is -0.300. The van der Waals surface area contributed by atoms with Crippen molar-refractivity contribution in [1.29, 1.82) is 0 Å². The van der Waals surface area contributed by atoms with E-state index in [-0.39, 0.29) is 0 Å². The van der Waals surface area contributed by atoms with Gasteiger partial charge in [-0.2, -0.15) is 0 Å². The van der Waals surface area contributed by atoms with Crippen molar-refractivity contribution >= 4 is 0 Å². The van der Waals surface area contributed by atoms with Crippen LogP contribution in [0.1, 0.15) is 26.7 Å². The van der Waals surface area contributed by atoms with E-state index in [0.717, 1.165) is 26.1 Å². The van der Waals surface area contributed by atoms with Gasteiger partial charge in [-0.1, -0.05) is 26.0 Å². The summed E-state index contributed by atoms with van der Waals surface area (Å²) in [6.45, 7) is 9.61. The van der Waals surface area contributed by atoms with Crippen LogP contribution in [0.3, 0.4) is 0 Å². The van der Waals surface area contributed by atoms with E-state index in [1.807, 2.05) is 13.8 Å². The Labute approximate surface area is 57.7 Å². The summed E-state index contributed by atoms with van der Waals surface area (Å²) in [6, 6.07) is 0. The lowest BCUT2D eigenvalue weighted by molar-refractivity contribution is 0.119. The molecule has 0 bridgehead atoms. The average Bonchev–Trinajstić information content (AvgIpc) is 1.94. The topological polar surface area (TPSA) is 9.23 Å². The Balaban J connectivity index is 0.000000291. The SMILES string of the molecule is C=C1CCOCC1.CC. The van der Waals surface area contributed by atoms with Gasteiger partial charge in [0.2, 0.25) is 0 Å². The van der Waals surface area contributed by atoms with Gasteiger partial charge in [-0.25, -0.2) is 0 Å². The predicted molar refractivity (Wildman–Crippen MR) is 40.5 cm³/mol. The van der Waals surface area contributed by atoms with Crippen LogP contribution in [0.15, 0.2) is 12.2 Å². The molecule has 1 aliphatic rings. The molecule has 54 valence electrons. The molecule has 1 saturated heterocycles. The molecule has 1 nitrogen and oxygen atoms in total. The average molecular weight is 128 g/mol. The summed E-state index contributed by atoms with van der Waals surface area (Å²) in [4.78, 5) is 0. The smallest absolute Gasteiger partial charge is 0.0503 e. The van der Waals surface area contributed by atoms with Crippen LogP contribution in [0.2, 0.25) is 0 Å². The van der Waals surface area contributed by atoms with Crippen LogP contribution < -0.4 is 0 Å². The van der Waals surface area contributed by atoms with Crippen molar-refractivity contribution in [2.24, 2.45) is 0 Å². The van der Waals surface area contributed by atoms with E-state index in [1.54, 1.807) is 0 Å². The molecular formula is C8H16O. The molecule has 0 aliphatic carbocycles. The molecule has 0 amide bonds. The molecule has 0 aromatic heterocycles. The molecule has 0 aromatic rings. The molecule has 0 radical (unpaired) electrons. The number of ether oxygens (including phenoxy) is 1. The number of hydrogen-bond acceptors (Lipinski definition) is 1. The van der Waals surface area contributed by atoms with Gasteiger partial charge in [-0.15, -0.1) is 0 Å². The van der Waals surface area contributed by atoms with Gasteiger partial charge in [0.1, 0.15) is 0 Å². The minimum atomic E-state index is 0.888. The quantitative estimate of drug-likeness (QED) is 0.455. The van der Waals surface area contributed by atoms with Gasteiger partial charge in [0.15, 0.2) is 0 Å². The summed E-state index contributed by atoms with van der Waals surface area (Å²) in [5, 5.41) is 0. The maximum Gasteiger partial charge on any atom is 0.0503 e. The second-order valence-corrected chi connectivity index (χ2v) is 1.86. The highest BCUT2D eigenvalue weighted by atomic mass is 16.5. The van der Waals surface area contributed by atoms with Gasteiger partial charge >= 0.3 is 0 Å². The third-order valence-corrected chi connectivity index (χ3v) is 1.20. The largest absolute Gasteiger partial charge is 0.381 e. The Morgan fingerprint density at radius 2 is 1.67 bits per heavy atom. The minimum Gasteiger partial charge on any atom is -0.381 e. The predicted octanol–water partition coefficient (Wildman–Crippen LogP) is 2.38. The first-order chi connectivity index (χ1) is 4.39. The van der Waals surface area contributed by atoms with Crippen LogP contribution in [0.25, 0.3) is 0 Å². The van der Waals surface area contributed by atoms with Crippen molar-refractivity contribution < 1.29 is 4.74 Å². The maximum atomic E-state index is 5.08. The summed E-state index contributed by atoms with van der Waals surface area (Å²) in [6.07, 6.45) is 2.14.